The third-order valence-corrected chi connectivity index (χ3v) is 22.7. The lowest BCUT2D eigenvalue weighted by Crippen LogP contribution is -2.47. The molecule has 28 heteroatoms. The van der Waals surface area contributed by atoms with Gasteiger partial charge >= 0.3 is 0 Å². The molecule has 0 aliphatic carbocycles. The Hall–Kier alpha value is -4.67. The van der Waals surface area contributed by atoms with Crippen LogP contribution in [0.4, 0.5) is 0 Å². The van der Waals surface area contributed by atoms with Crippen molar-refractivity contribution < 1.29 is 42.1 Å². The molecule has 0 atom stereocenters. The van der Waals surface area contributed by atoms with E-state index in [0.29, 0.717) is 103 Å². The van der Waals surface area contributed by atoms with Gasteiger partial charge in [0, 0.05) is 144 Å². The molecule has 1 fully saturated rings. The first-order valence-corrected chi connectivity index (χ1v) is 38.6. The van der Waals surface area contributed by atoms with Crippen molar-refractivity contribution in [1.29, 1.82) is 0 Å². The zero-order valence-electron chi connectivity index (χ0n) is 54.5. The van der Waals surface area contributed by atoms with Gasteiger partial charge in [0.25, 0.3) is 0 Å². The van der Waals surface area contributed by atoms with Gasteiger partial charge in [-0.25, -0.2) is 61.0 Å². The van der Waals surface area contributed by atoms with Crippen LogP contribution in [-0.2, 0) is 50.1 Å². The Balaban J connectivity index is 0.000000635. The lowest BCUT2D eigenvalue weighted by molar-refractivity contribution is 0.157. The van der Waals surface area contributed by atoms with E-state index >= 15 is 0 Å². The number of aryl methyl sites for hydroxylation is 5. The van der Waals surface area contributed by atoms with Crippen LogP contribution in [0.15, 0.2) is 146 Å². The molecular weight excluding hydrogens is 1260 g/mol. The molecule has 510 valence electrons. The quantitative estimate of drug-likeness (QED) is 0.0276. The molecule has 1 aliphatic rings. The SMILES string of the molecule is CCCN(CCNS(=O)(=O)c1ccc(C)cc1)CCN(CCN(CCC)CCNS(=O)(=O)c1ccc(C)cc1)CCN(CCNS(=O)(=O)c1ccc(C)cc1)CCNS(=O)(=O)c1ccc(C)cc1.Cc1ccc(S(=O)(=O)N2CC2)cc1.NCCN(CCN)CCN. The molecule has 1 heterocycles. The maximum absolute atomic E-state index is 13.2. The summed E-state index contributed by atoms with van der Waals surface area (Å²) in [5.41, 5.74) is 21.0. The minimum Gasteiger partial charge on any atom is -0.329 e. The van der Waals surface area contributed by atoms with Crippen molar-refractivity contribution in [1.82, 2.24) is 47.7 Å². The van der Waals surface area contributed by atoms with Gasteiger partial charge in [0.05, 0.1) is 24.5 Å². The zero-order chi connectivity index (χ0) is 67.1. The molecule has 0 spiro atoms. The molecule has 0 unspecified atom stereocenters. The molecule has 91 heavy (non-hydrogen) atoms. The second kappa shape index (κ2) is 39.9. The molecule has 6 rings (SSSR count). The summed E-state index contributed by atoms with van der Waals surface area (Å²) in [6.45, 7) is 27.0. The zero-order valence-corrected chi connectivity index (χ0v) is 58.6. The Kier molecular flexibility index (Phi) is 34.5. The molecule has 0 radical (unpaired) electrons. The average Bonchev–Trinajstić information content (AvgIpc) is 4.09. The van der Waals surface area contributed by atoms with E-state index < -0.39 is 50.1 Å². The highest BCUT2D eigenvalue weighted by Gasteiger charge is 2.33. The maximum Gasteiger partial charge on any atom is 0.243 e. The minimum absolute atomic E-state index is 0.0898. The van der Waals surface area contributed by atoms with Crippen molar-refractivity contribution >= 4 is 50.1 Å². The van der Waals surface area contributed by atoms with E-state index in [1.54, 1.807) is 109 Å². The smallest absolute Gasteiger partial charge is 0.243 e. The predicted molar refractivity (Wildman–Crippen MR) is 365 cm³/mol. The molecule has 0 saturated carbocycles. The number of nitrogens with zero attached hydrogens (tertiary/aromatic N) is 6. The van der Waals surface area contributed by atoms with Gasteiger partial charge in [-0.3, -0.25) is 14.7 Å². The van der Waals surface area contributed by atoms with Gasteiger partial charge in [-0.2, -0.15) is 4.31 Å². The van der Waals surface area contributed by atoms with Crippen LogP contribution >= 0.6 is 0 Å². The van der Waals surface area contributed by atoms with Gasteiger partial charge in [0.1, 0.15) is 0 Å². The van der Waals surface area contributed by atoms with Crippen LogP contribution in [0.2, 0.25) is 0 Å². The number of rotatable bonds is 41. The summed E-state index contributed by atoms with van der Waals surface area (Å²) in [5.74, 6) is 0. The first-order chi connectivity index (χ1) is 43.2. The van der Waals surface area contributed by atoms with E-state index in [1.165, 1.54) is 4.31 Å². The first kappa shape index (κ1) is 78.8. The second-order valence-electron chi connectivity index (χ2n) is 22.6. The average molecular weight is 1360 g/mol. The highest BCUT2D eigenvalue weighted by atomic mass is 32.2. The monoisotopic (exact) mass is 1360 g/mol. The molecule has 1 aliphatic heterocycles. The Morgan fingerprint density at radius 1 is 0.308 bits per heavy atom. The summed E-state index contributed by atoms with van der Waals surface area (Å²) in [6, 6.07) is 33.6. The predicted octanol–water partition coefficient (Wildman–Crippen LogP) is 3.33. The topological polar surface area (TPSA) is 316 Å². The summed E-state index contributed by atoms with van der Waals surface area (Å²) in [6.07, 6.45) is 1.72. The Morgan fingerprint density at radius 3 is 0.714 bits per heavy atom. The molecule has 1 saturated heterocycles. The van der Waals surface area contributed by atoms with Gasteiger partial charge in [0.2, 0.25) is 50.1 Å². The first-order valence-electron chi connectivity index (χ1n) is 31.2. The Morgan fingerprint density at radius 2 is 0.505 bits per heavy atom. The maximum atomic E-state index is 13.2. The number of nitrogens with two attached hydrogens (primary N) is 3. The van der Waals surface area contributed by atoms with Crippen LogP contribution < -0.4 is 36.1 Å². The second-order valence-corrected chi connectivity index (χ2v) is 31.6. The molecule has 5 aromatic rings. The molecule has 0 amide bonds. The van der Waals surface area contributed by atoms with E-state index in [-0.39, 0.29) is 45.8 Å². The Labute approximate surface area is 545 Å². The van der Waals surface area contributed by atoms with Crippen LogP contribution in [0.3, 0.4) is 0 Å². The third kappa shape index (κ3) is 29.2. The molecule has 0 aromatic heterocycles. The molecular formula is C63H103N13O10S5. The van der Waals surface area contributed by atoms with Crippen molar-refractivity contribution in [2.75, 3.05) is 157 Å². The lowest BCUT2D eigenvalue weighted by Gasteiger charge is -2.32. The van der Waals surface area contributed by atoms with E-state index in [1.807, 2.05) is 51.7 Å². The summed E-state index contributed by atoms with van der Waals surface area (Å²) < 4.78 is 141. The van der Waals surface area contributed by atoms with Crippen molar-refractivity contribution in [3.63, 3.8) is 0 Å². The van der Waals surface area contributed by atoms with Crippen molar-refractivity contribution in [3.05, 3.63) is 149 Å². The van der Waals surface area contributed by atoms with Gasteiger partial charge in [-0.1, -0.05) is 102 Å². The van der Waals surface area contributed by atoms with Crippen LogP contribution in [0.25, 0.3) is 0 Å². The van der Waals surface area contributed by atoms with Crippen molar-refractivity contribution in [2.24, 2.45) is 17.2 Å². The molecule has 5 aromatic carbocycles. The summed E-state index contributed by atoms with van der Waals surface area (Å²) in [4.78, 5) is 12.1. The molecule has 23 nitrogen and oxygen atoms in total. The highest BCUT2D eigenvalue weighted by molar-refractivity contribution is 7.90. The van der Waals surface area contributed by atoms with Crippen molar-refractivity contribution in [3.8, 4) is 0 Å². The molecule has 0 bridgehead atoms. The van der Waals surface area contributed by atoms with Crippen molar-refractivity contribution in [2.45, 2.75) is 85.8 Å². The number of sulfonamides is 5. The fourth-order valence-corrected chi connectivity index (χ4v) is 14.8. The molecule has 10 N–H and O–H groups in total. The van der Waals surface area contributed by atoms with E-state index in [2.05, 4.69) is 52.3 Å². The Bertz CT molecular complexity index is 3270. The van der Waals surface area contributed by atoms with Gasteiger partial charge in [-0.15, -0.1) is 0 Å². The number of nitrogens with one attached hydrogen (secondary N) is 4. The number of benzene rings is 5. The normalized spacial score (nSPS) is 13.2. The van der Waals surface area contributed by atoms with E-state index in [0.717, 1.165) is 73.4 Å². The number of hydrogen-bond acceptors (Lipinski definition) is 18. The largest absolute Gasteiger partial charge is 0.329 e. The summed E-state index contributed by atoms with van der Waals surface area (Å²) in [5, 5.41) is 0. The van der Waals surface area contributed by atoms with Crippen LogP contribution in [0.5, 0.6) is 0 Å². The van der Waals surface area contributed by atoms with Gasteiger partial charge in [0.15, 0.2) is 0 Å². The highest BCUT2D eigenvalue weighted by Crippen LogP contribution is 2.22. The van der Waals surface area contributed by atoms with Crippen LogP contribution in [0, 0.1) is 34.6 Å². The van der Waals surface area contributed by atoms with E-state index in [9.17, 15) is 42.1 Å². The van der Waals surface area contributed by atoms with Crippen LogP contribution in [-0.4, -0.2) is 228 Å². The minimum atomic E-state index is -3.80. The van der Waals surface area contributed by atoms with Gasteiger partial charge < -0.3 is 27.0 Å². The fraction of sp³-hybridized carbons (Fsp3) is 0.524. The van der Waals surface area contributed by atoms with E-state index in [4.69, 9.17) is 17.2 Å². The lowest BCUT2D eigenvalue weighted by atomic mass is 10.2. The van der Waals surface area contributed by atoms with Crippen LogP contribution in [0.1, 0.15) is 54.5 Å². The van der Waals surface area contributed by atoms with Gasteiger partial charge in [-0.05, 0) is 121 Å². The standard InChI is InChI=1S/C48H74N8O8S4.C9H11NO2S.C6H18N4/c1-7-29-53(31-25-49-65(57,58)45-17-9-41(3)10-18-45)35-38-56(39-36-54(30-8-2)32-26-50-66(59,60)46-19-11-42(4)12-20-46)40-37-55(33-27-51-67(61,62)47-21-13-43(5)14-22-47)34-28-52-68(63,64)48-23-15-44(6)16-24-48;1-8-2-4-9(5-3-8)13(11,12)10-6-7-10;7-1-4-10(5-2-8)6-3-9/h9-24,49-52H,7-8,25-40H2,1-6H3;2-5H,6-7H2,1H3;1-9H2. The summed E-state index contributed by atoms with van der Waals surface area (Å²) in [7, 11) is -18.1. The number of hydrogen-bond donors (Lipinski definition) is 7. The summed E-state index contributed by atoms with van der Waals surface area (Å²) >= 11 is 0. The fourth-order valence-electron chi connectivity index (χ4n) is 9.40. The third-order valence-electron chi connectivity index (χ3n) is 14.9.